The number of rotatable bonds is 7. The van der Waals surface area contributed by atoms with Crippen molar-refractivity contribution in [2.75, 3.05) is 46.3 Å². The van der Waals surface area contributed by atoms with Crippen LogP contribution in [0.1, 0.15) is 10.4 Å². The highest BCUT2D eigenvalue weighted by atomic mass is 35.5. The molecule has 2 aromatic carbocycles. The lowest BCUT2D eigenvalue weighted by Crippen LogP contribution is -2.36. The fraction of sp³-hybridized carbons (Fsp3) is 0.300. The molecule has 0 spiro atoms. The fourth-order valence-corrected chi connectivity index (χ4v) is 4.25. The average molecular weight is 454 g/mol. The number of ether oxygens (including phenoxy) is 2. The van der Waals surface area contributed by atoms with E-state index in [1.165, 1.54) is 11.3 Å². The van der Waals surface area contributed by atoms with Gasteiger partial charge in [-0.3, -0.25) is 9.69 Å². The zero-order valence-corrected chi connectivity index (χ0v) is 18.9. The summed E-state index contributed by atoms with van der Waals surface area (Å²) in [6.45, 7) is 1.08. The molecule has 6 nitrogen and oxygen atoms in total. The Labute approximate surface area is 183 Å². The standard InChI is InChI=1S/C20H21Cl2N3O3S/c1-24(2)9-10-25(19(26)13-11-12(21)5-6-14(13)22)20-23-17-15(27-3)7-8-16(28-4)18(17)29-20/h5-8,11H,9-10H2,1-4H3. The fourth-order valence-electron chi connectivity index (χ4n) is 2.78. The summed E-state index contributed by atoms with van der Waals surface area (Å²) in [5, 5.41) is 1.31. The predicted octanol–water partition coefficient (Wildman–Crippen LogP) is 4.83. The van der Waals surface area contributed by atoms with Crippen molar-refractivity contribution in [3.05, 3.63) is 45.9 Å². The molecule has 0 radical (unpaired) electrons. The van der Waals surface area contributed by atoms with Crippen molar-refractivity contribution in [2.45, 2.75) is 0 Å². The van der Waals surface area contributed by atoms with Crippen LogP contribution in [0.2, 0.25) is 10.0 Å². The minimum atomic E-state index is -0.267. The van der Waals surface area contributed by atoms with Gasteiger partial charge in [-0.1, -0.05) is 34.5 Å². The van der Waals surface area contributed by atoms with Crippen LogP contribution in [0.3, 0.4) is 0 Å². The topological polar surface area (TPSA) is 54.9 Å². The number of hydrogen-bond acceptors (Lipinski definition) is 6. The van der Waals surface area contributed by atoms with Crippen LogP contribution in [0, 0.1) is 0 Å². The van der Waals surface area contributed by atoms with Crippen molar-refractivity contribution < 1.29 is 14.3 Å². The van der Waals surface area contributed by atoms with E-state index in [0.717, 1.165) is 4.70 Å². The summed E-state index contributed by atoms with van der Waals surface area (Å²) in [5.74, 6) is 1.02. The third kappa shape index (κ3) is 4.59. The molecule has 0 N–H and O–H groups in total. The van der Waals surface area contributed by atoms with Gasteiger partial charge in [0.15, 0.2) is 5.13 Å². The van der Waals surface area contributed by atoms with Crippen LogP contribution in [-0.4, -0.2) is 57.2 Å². The quantitative estimate of drug-likeness (QED) is 0.512. The Morgan fingerprint density at radius 3 is 2.41 bits per heavy atom. The van der Waals surface area contributed by atoms with Gasteiger partial charge in [0.25, 0.3) is 5.91 Å². The Balaban J connectivity index is 2.11. The average Bonchev–Trinajstić information content (AvgIpc) is 3.13. The van der Waals surface area contributed by atoms with Crippen molar-refractivity contribution in [3.63, 3.8) is 0 Å². The van der Waals surface area contributed by atoms with Crippen LogP contribution >= 0.6 is 34.5 Å². The van der Waals surface area contributed by atoms with Crippen LogP contribution in [-0.2, 0) is 0 Å². The van der Waals surface area contributed by atoms with Gasteiger partial charge in [-0.15, -0.1) is 0 Å². The molecule has 0 aliphatic carbocycles. The number of halogens is 2. The van der Waals surface area contributed by atoms with Gasteiger partial charge < -0.3 is 14.4 Å². The molecule has 0 aliphatic heterocycles. The zero-order valence-electron chi connectivity index (χ0n) is 16.5. The molecule has 0 atom stereocenters. The predicted molar refractivity (Wildman–Crippen MR) is 119 cm³/mol. The first kappa shape index (κ1) is 21.6. The Kier molecular flexibility index (Phi) is 6.85. The van der Waals surface area contributed by atoms with Crippen LogP contribution < -0.4 is 14.4 Å². The number of aromatic nitrogens is 1. The number of carbonyl (C=O) groups excluding carboxylic acids is 1. The molecule has 0 fully saturated rings. The molecule has 1 aromatic heterocycles. The van der Waals surface area contributed by atoms with Gasteiger partial charge in [-0.05, 0) is 44.4 Å². The number of amides is 1. The summed E-state index contributed by atoms with van der Waals surface area (Å²) in [5.41, 5.74) is 0.975. The second-order valence-electron chi connectivity index (χ2n) is 6.53. The molecule has 9 heteroatoms. The highest BCUT2D eigenvalue weighted by Gasteiger charge is 2.25. The van der Waals surface area contributed by atoms with Gasteiger partial charge in [0.2, 0.25) is 0 Å². The molecule has 1 amide bonds. The van der Waals surface area contributed by atoms with Gasteiger partial charge in [0.05, 0.1) is 24.8 Å². The highest BCUT2D eigenvalue weighted by molar-refractivity contribution is 7.22. The SMILES string of the molecule is COc1ccc(OC)c2sc(N(CCN(C)C)C(=O)c3cc(Cl)ccc3Cl)nc12. The van der Waals surface area contributed by atoms with Gasteiger partial charge in [-0.2, -0.15) is 0 Å². The van der Waals surface area contributed by atoms with Crippen LogP contribution in [0.15, 0.2) is 30.3 Å². The Morgan fingerprint density at radius 2 is 1.76 bits per heavy atom. The summed E-state index contributed by atoms with van der Waals surface area (Å²) >= 11 is 13.7. The molecule has 1 heterocycles. The second kappa shape index (κ2) is 9.17. The van der Waals surface area contributed by atoms with E-state index in [4.69, 9.17) is 37.7 Å². The molecule has 29 heavy (non-hydrogen) atoms. The smallest absolute Gasteiger partial charge is 0.261 e. The van der Waals surface area contributed by atoms with Crippen LogP contribution in [0.4, 0.5) is 5.13 Å². The maximum absolute atomic E-state index is 13.4. The van der Waals surface area contributed by atoms with Crippen molar-refractivity contribution >= 4 is 55.8 Å². The first-order valence-corrected chi connectivity index (χ1v) is 10.4. The number of hydrogen-bond donors (Lipinski definition) is 0. The number of nitrogens with zero attached hydrogens (tertiary/aromatic N) is 3. The lowest BCUT2D eigenvalue weighted by atomic mass is 10.2. The Bertz CT molecular complexity index is 998. The third-order valence-electron chi connectivity index (χ3n) is 4.30. The molecular formula is C20H21Cl2N3O3S. The molecular weight excluding hydrogens is 433 g/mol. The zero-order chi connectivity index (χ0) is 21.1. The van der Waals surface area contributed by atoms with E-state index in [1.54, 1.807) is 43.4 Å². The number of carbonyl (C=O) groups is 1. The number of likely N-dealkylation sites (N-methyl/N-ethyl adjacent to an activating group) is 1. The number of thiazole rings is 1. The molecule has 3 rings (SSSR count). The van der Waals surface area contributed by atoms with E-state index in [0.29, 0.717) is 50.8 Å². The highest BCUT2D eigenvalue weighted by Crippen LogP contribution is 2.40. The first-order valence-electron chi connectivity index (χ1n) is 8.79. The lowest BCUT2D eigenvalue weighted by Gasteiger charge is -2.22. The summed E-state index contributed by atoms with van der Waals surface area (Å²) in [7, 11) is 7.07. The monoisotopic (exact) mass is 453 g/mol. The molecule has 0 bridgehead atoms. The summed E-state index contributed by atoms with van der Waals surface area (Å²) < 4.78 is 11.7. The summed E-state index contributed by atoms with van der Waals surface area (Å²) in [4.78, 5) is 21.7. The van der Waals surface area contributed by atoms with Crippen molar-refractivity contribution in [1.82, 2.24) is 9.88 Å². The Morgan fingerprint density at radius 1 is 1.07 bits per heavy atom. The van der Waals surface area contributed by atoms with Crippen molar-refractivity contribution in [2.24, 2.45) is 0 Å². The van der Waals surface area contributed by atoms with Crippen molar-refractivity contribution in [3.8, 4) is 11.5 Å². The van der Waals surface area contributed by atoms with Gasteiger partial charge in [-0.25, -0.2) is 4.98 Å². The second-order valence-corrected chi connectivity index (χ2v) is 8.35. The van der Waals surface area contributed by atoms with E-state index in [9.17, 15) is 4.79 Å². The number of anilines is 1. The van der Waals surface area contributed by atoms with E-state index in [1.807, 2.05) is 25.1 Å². The summed E-state index contributed by atoms with van der Waals surface area (Å²) in [6.07, 6.45) is 0. The van der Waals surface area contributed by atoms with Crippen LogP contribution in [0.5, 0.6) is 11.5 Å². The minimum absolute atomic E-state index is 0.267. The summed E-state index contributed by atoms with van der Waals surface area (Å²) in [6, 6.07) is 8.46. The van der Waals surface area contributed by atoms with E-state index in [2.05, 4.69) is 0 Å². The number of methoxy groups -OCH3 is 2. The maximum Gasteiger partial charge on any atom is 0.261 e. The van der Waals surface area contributed by atoms with E-state index in [-0.39, 0.29) is 5.91 Å². The van der Waals surface area contributed by atoms with Gasteiger partial charge >= 0.3 is 0 Å². The minimum Gasteiger partial charge on any atom is -0.495 e. The molecule has 0 aliphatic rings. The van der Waals surface area contributed by atoms with Crippen LogP contribution in [0.25, 0.3) is 10.2 Å². The molecule has 154 valence electrons. The number of fused-ring (bicyclic) bond motifs is 1. The molecule has 0 saturated carbocycles. The van der Waals surface area contributed by atoms with E-state index < -0.39 is 0 Å². The Hall–Kier alpha value is -2.06. The third-order valence-corrected chi connectivity index (χ3v) is 5.96. The lowest BCUT2D eigenvalue weighted by molar-refractivity contribution is 0.0985. The van der Waals surface area contributed by atoms with Gasteiger partial charge in [0.1, 0.15) is 21.7 Å². The largest absolute Gasteiger partial charge is 0.495 e. The first-order chi connectivity index (χ1) is 13.8. The van der Waals surface area contributed by atoms with E-state index >= 15 is 0 Å². The normalized spacial score (nSPS) is 11.1. The molecule has 0 unspecified atom stereocenters. The number of benzene rings is 2. The maximum atomic E-state index is 13.4. The van der Waals surface area contributed by atoms with Crippen molar-refractivity contribution in [1.29, 1.82) is 0 Å². The van der Waals surface area contributed by atoms with Gasteiger partial charge in [0, 0.05) is 18.1 Å². The molecule has 3 aromatic rings. The molecule has 0 saturated heterocycles.